The Morgan fingerprint density at radius 2 is 1.91 bits per heavy atom. The van der Waals surface area contributed by atoms with Crippen molar-refractivity contribution < 1.29 is 9.18 Å². The molecule has 2 aromatic heterocycles. The molecule has 0 bridgehead atoms. The summed E-state index contributed by atoms with van der Waals surface area (Å²) >= 11 is 0. The van der Waals surface area contributed by atoms with Gasteiger partial charge in [0.25, 0.3) is 5.91 Å². The highest BCUT2D eigenvalue weighted by Crippen LogP contribution is 2.35. The van der Waals surface area contributed by atoms with Crippen molar-refractivity contribution in [3.8, 4) is 23.0 Å². The molecule has 0 unspecified atom stereocenters. The standard InChI is InChI=1S/C24H22FN7O2/c1-15-10-17(12-26)21(25)11-19(15)20-14-28-32(23(20)29-34)22-5-2-16(13-27-22)24(33)31-8-6-30(7-9-31)18-3-4-18/h2,5,10-11,13-14,18H,3-4,6-9H2,1H3. The van der Waals surface area contributed by atoms with Gasteiger partial charge in [0.1, 0.15) is 11.9 Å². The quantitative estimate of drug-likeness (QED) is 0.540. The molecule has 0 N–H and O–H groups in total. The minimum absolute atomic E-state index is 0.0463. The summed E-state index contributed by atoms with van der Waals surface area (Å²) in [6.45, 7) is 4.88. The van der Waals surface area contributed by atoms with Crippen molar-refractivity contribution >= 4 is 11.7 Å². The number of nitrogens with zero attached hydrogens (tertiary/aromatic N) is 7. The highest BCUT2D eigenvalue weighted by atomic mass is 19.1. The second-order valence-electron chi connectivity index (χ2n) is 8.61. The zero-order valence-electron chi connectivity index (χ0n) is 18.6. The number of benzene rings is 1. The highest BCUT2D eigenvalue weighted by Gasteiger charge is 2.32. The van der Waals surface area contributed by atoms with E-state index in [2.05, 4.69) is 20.2 Å². The Bertz CT molecular complexity index is 1300. The second kappa shape index (κ2) is 8.76. The third kappa shape index (κ3) is 3.95. The molecule has 0 atom stereocenters. The largest absolute Gasteiger partial charge is 0.336 e. The van der Waals surface area contributed by atoms with E-state index in [4.69, 9.17) is 5.26 Å². The van der Waals surface area contributed by atoms with Crippen LogP contribution in [0.25, 0.3) is 16.9 Å². The predicted molar refractivity (Wildman–Crippen MR) is 122 cm³/mol. The molecule has 1 saturated carbocycles. The summed E-state index contributed by atoms with van der Waals surface area (Å²) in [6.07, 6.45) is 5.38. The first-order valence-corrected chi connectivity index (χ1v) is 11.1. The molecule has 9 nitrogen and oxygen atoms in total. The number of amides is 1. The van der Waals surface area contributed by atoms with Crippen LogP contribution in [0.1, 0.15) is 34.3 Å². The van der Waals surface area contributed by atoms with Gasteiger partial charge in [-0.1, -0.05) is 0 Å². The Morgan fingerprint density at radius 1 is 1.15 bits per heavy atom. The van der Waals surface area contributed by atoms with E-state index in [1.165, 1.54) is 42.0 Å². The molecule has 0 radical (unpaired) electrons. The summed E-state index contributed by atoms with van der Waals surface area (Å²) in [5.74, 6) is -0.502. The van der Waals surface area contributed by atoms with E-state index < -0.39 is 5.82 Å². The van der Waals surface area contributed by atoms with Crippen molar-refractivity contribution in [1.82, 2.24) is 24.6 Å². The minimum atomic E-state index is -0.688. The van der Waals surface area contributed by atoms with Crippen LogP contribution in [0.5, 0.6) is 0 Å². The third-order valence-electron chi connectivity index (χ3n) is 6.43. The van der Waals surface area contributed by atoms with Crippen LogP contribution < -0.4 is 0 Å². The first-order valence-electron chi connectivity index (χ1n) is 11.1. The van der Waals surface area contributed by atoms with Gasteiger partial charge in [0.2, 0.25) is 5.82 Å². The van der Waals surface area contributed by atoms with Crippen LogP contribution in [-0.2, 0) is 0 Å². The topological polar surface area (TPSA) is 107 Å². The number of piperazine rings is 1. The SMILES string of the molecule is Cc1cc(C#N)c(F)cc1-c1cnn(-c2ccc(C(=O)N3CCN(C4CC4)CC3)cn2)c1N=O. The van der Waals surface area contributed by atoms with Crippen LogP contribution >= 0.6 is 0 Å². The van der Waals surface area contributed by atoms with Crippen LogP contribution in [-0.4, -0.2) is 62.7 Å². The van der Waals surface area contributed by atoms with Gasteiger partial charge in [0, 0.05) is 38.4 Å². The first-order chi connectivity index (χ1) is 16.5. The first kappa shape index (κ1) is 21.9. The van der Waals surface area contributed by atoms with Gasteiger partial charge in [0.05, 0.1) is 22.9 Å². The fraction of sp³-hybridized carbons (Fsp3) is 0.333. The van der Waals surface area contributed by atoms with Crippen molar-refractivity contribution in [3.63, 3.8) is 0 Å². The average molecular weight is 459 g/mol. The molecule has 172 valence electrons. The number of nitriles is 1. The van der Waals surface area contributed by atoms with Crippen molar-refractivity contribution in [2.75, 3.05) is 26.2 Å². The van der Waals surface area contributed by atoms with E-state index in [1.807, 2.05) is 4.90 Å². The zero-order chi connectivity index (χ0) is 23.8. The van der Waals surface area contributed by atoms with Crippen molar-refractivity contribution in [2.24, 2.45) is 5.18 Å². The Balaban J connectivity index is 1.37. The fourth-order valence-electron chi connectivity index (χ4n) is 4.40. The summed E-state index contributed by atoms with van der Waals surface area (Å²) in [7, 11) is 0. The van der Waals surface area contributed by atoms with E-state index in [-0.39, 0.29) is 17.3 Å². The normalized spacial score (nSPS) is 16.3. The molecule has 5 rings (SSSR count). The van der Waals surface area contributed by atoms with Gasteiger partial charge >= 0.3 is 0 Å². The number of aryl methyl sites for hydroxylation is 1. The molecule has 1 amide bonds. The molecule has 1 saturated heterocycles. The smallest absolute Gasteiger partial charge is 0.255 e. The maximum Gasteiger partial charge on any atom is 0.255 e. The van der Waals surface area contributed by atoms with Crippen LogP contribution in [0.2, 0.25) is 0 Å². The molecule has 1 aromatic carbocycles. The van der Waals surface area contributed by atoms with Crippen LogP contribution in [0.15, 0.2) is 41.8 Å². The zero-order valence-corrected chi connectivity index (χ0v) is 18.6. The number of hydrogen-bond acceptors (Lipinski definition) is 7. The van der Waals surface area contributed by atoms with E-state index in [0.29, 0.717) is 47.2 Å². The molecule has 0 spiro atoms. The molecule has 1 aliphatic carbocycles. The maximum absolute atomic E-state index is 14.2. The lowest BCUT2D eigenvalue weighted by Crippen LogP contribution is -2.49. The third-order valence-corrected chi connectivity index (χ3v) is 6.43. The lowest BCUT2D eigenvalue weighted by molar-refractivity contribution is 0.0627. The van der Waals surface area contributed by atoms with Crippen LogP contribution in [0, 0.1) is 29.0 Å². The average Bonchev–Trinajstić information content (AvgIpc) is 3.63. The Labute approximate surface area is 195 Å². The van der Waals surface area contributed by atoms with Gasteiger partial charge in [-0.15, -0.1) is 4.91 Å². The Morgan fingerprint density at radius 3 is 2.53 bits per heavy atom. The van der Waals surface area contributed by atoms with E-state index >= 15 is 0 Å². The molecule has 1 aliphatic heterocycles. The number of pyridine rings is 1. The van der Waals surface area contributed by atoms with Gasteiger partial charge < -0.3 is 4.90 Å². The summed E-state index contributed by atoms with van der Waals surface area (Å²) in [5, 5.41) is 16.3. The summed E-state index contributed by atoms with van der Waals surface area (Å²) in [4.78, 5) is 33.2. The van der Waals surface area contributed by atoms with Gasteiger partial charge in [-0.2, -0.15) is 15.0 Å². The minimum Gasteiger partial charge on any atom is -0.336 e. The number of nitroso groups, excluding NO2 is 1. The van der Waals surface area contributed by atoms with Crippen LogP contribution in [0.3, 0.4) is 0 Å². The van der Waals surface area contributed by atoms with Gasteiger partial charge in [-0.3, -0.25) is 9.69 Å². The Kier molecular flexibility index (Phi) is 5.63. The van der Waals surface area contributed by atoms with E-state index in [0.717, 1.165) is 13.1 Å². The molecule has 2 aliphatic rings. The molecule has 3 heterocycles. The summed E-state index contributed by atoms with van der Waals surface area (Å²) in [5.41, 5.74) is 1.73. The van der Waals surface area contributed by atoms with Gasteiger partial charge in [0.15, 0.2) is 5.82 Å². The number of aromatic nitrogens is 3. The molecule has 2 fully saturated rings. The maximum atomic E-state index is 14.2. The number of halogens is 1. The van der Waals surface area contributed by atoms with Gasteiger partial charge in [-0.25, -0.2) is 9.37 Å². The lowest BCUT2D eigenvalue weighted by atomic mass is 10.00. The van der Waals surface area contributed by atoms with Crippen molar-refractivity contribution in [3.05, 3.63) is 64.1 Å². The summed E-state index contributed by atoms with van der Waals surface area (Å²) in [6, 6.07) is 8.36. The van der Waals surface area contributed by atoms with Gasteiger partial charge in [-0.05, 0) is 60.3 Å². The summed E-state index contributed by atoms with van der Waals surface area (Å²) < 4.78 is 15.5. The Hall–Kier alpha value is -3.97. The number of carbonyl (C=O) groups excluding carboxylic acids is 1. The van der Waals surface area contributed by atoms with E-state index in [1.54, 1.807) is 25.1 Å². The number of rotatable bonds is 5. The van der Waals surface area contributed by atoms with Crippen molar-refractivity contribution in [2.45, 2.75) is 25.8 Å². The van der Waals surface area contributed by atoms with Crippen molar-refractivity contribution in [1.29, 1.82) is 5.26 Å². The lowest BCUT2D eigenvalue weighted by Gasteiger charge is -2.34. The number of carbonyl (C=O) groups is 1. The molecule has 10 heteroatoms. The van der Waals surface area contributed by atoms with Crippen LogP contribution in [0.4, 0.5) is 10.2 Å². The number of hydrogen-bond donors (Lipinski definition) is 0. The second-order valence-corrected chi connectivity index (χ2v) is 8.61. The van der Waals surface area contributed by atoms with E-state index in [9.17, 15) is 14.1 Å². The molecule has 3 aromatic rings. The highest BCUT2D eigenvalue weighted by molar-refractivity contribution is 5.94. The molecular formula is C24H22FN7O2. The monoisotopic (exact) mass is 459 g/mol. The molecule has 34 heavy (non-hydrogen) atoms. The fourth-order valence-corrected chi connectivity index (χ4v) is 4.40. The molecular weight excluding hydrogens is 437 g/mol. The predicted octanol–water partition coefficient (Wildman–Crippen LogP) is 3.57.